The van der Waals surface area contributed by atoms with E-state index in [1.165, 1.54) is 36.8 Å². The molecule has 1 unspecified atom stereocenters. The molecule has 106 valence electrons. The minimum Gasteiger partial charge on any atom is -0.328 e. The molecular weight excluding hydrogens is 246 g/mol. The second-order valence-corrected chi connectivity index (χ2v) is 6.04. The van der Waals surface area contributed by atoms with Crippen LogP contribution < -0.4 is 0 Å². The molecule has 0 radical (unpaired) electrons. The molecule has 2 heteroatoms. The number of nitrogens with zero attached hydrogens (tertiary/aromatic N) is 1. The average Bonchev–Trinajstić information content (AvgIpc) is 2.64. The van der Waals surface area contributed by atoms with Gasteiger partial charge in [-0.15, -0.1) is 0 Å². The van der Waals surface area contributed by atoms with Gasteiger partial charge in [-0.2, -0.15) is 0 Å². The first-order chi connectivity index (χ1) is 9.77. The number of benzene rings is 1. The maximum Gasteiger partial charge on any atom is 0.250 e. The maximum absolute atomic E-state index is 12.6. The number of carbonyl (C=O) groups excluding carboxylic acids is 1. The number of amides is 1. The molecule has 1 saturated carbocycles. The molecule has 2 nitrogen and oxygen atoms in total. The standard InChI is InChI=1S/C18H23NO/c1-14-16-11-7-2-3-8-12-17(16)19(18(14)20)13-15-9-5-4-6-10-15/h4-6,9-10,17H,2-3,7-8,11-13H2,1H3. The van der Waals surface area contributed by atoms with Crippen molar-refractivity contribution in [1.82, 2.24) is 4.90 Å². The van der Waals surface area contributed by atoms with Crippen molar-refractivity contribution in [3.63, 3.8) is 0 Å². The van der Waals surface area contributed by atoms with E-state index in [0.717, 1.165) is 25.0 Å². The molecule has 1 aliphatic heterocycles. The third kappa shape index (κ3) is 2.52. The Morgan fingerprint density at radius 3 is 2.65 bits per heavy atom. The first-order valence-electron chi connectivity index (χ1n) is 7.82. The zero-order valence-corrected chi connectivity index (χ0v) is 12.3. The third-order valence-corrected chi connectivity index (χ3v) is 4.71. The van der Waals surface area contributed by atoms with Crippen molar-refractivity contribution in [2.45, 2.75) is 58.0 Å². The zero-order valence-electron chi connectivity index (χ0n) is 12.3. The van der Waals surface area contributed by atoms with Crippen molar-refractivity contribution in [2.75, 3.05) is 0 Å². The monoisotopic (exact) mass is 269 g/mol. The van der Waals surface area contributed by atoms with E-state index < -0.39 is 0 Å². The summed E-state index contributed by atoms with van der Waals surface area (Å²) in [5.74, 6) is 0.260. The molecule has 1 aromatic carbocycles. The van der Waals surface area contributed by atoms with Crippen LogP contribution in [0.5, 0.6) is 0 Å². The van der Waals surface area contributed by atoms with Crippen LogP contribution in [0.2, 0.25) is 0 Å². The first-order valence-corrected chi connectivity index (χ1v) is 7.82. The largest absolute Gasteiger partial charge is 0.328 e. The van der Waals surface area contributed by atoms with E-state index in [0.29, 0.717) is 6.04 Å². The predicted molar refractivity (Wildman–Crippen MR) is 81.2 cm³/mol. The number of hydrogen-bond acceptors (Lipinski definition) is 1. The number of fused-ring (bicyclic) bond motifs is 1. The molecule has 1 aromatic rings. The summed E-state index contributed by atoms with van der Waals surface area (Å²) < 4.78 is 0. The van der Waals surface area contributed by atoms with E-state index >= 15 is 0 Å². The molecule has 1 amide bonds. The van der Waals surface area contributed by atoms with Gasteiger partial charge >= 0.3 is 0 Å². The van der Waals surface area contributed by atoms with Gasteiger partial charge < -0.3 is 4.90 Å². The van der Waals surface area contributed by atoms with E-state index in [4.69, 9.17) is 0 Å². The van der Waals surface area contributed by atoms with Gasteiger partial charge in [0.1, 0.15) is 0 Å². The second kappa shape index (κ2) is 5.82. The molecule has 1 aliphatic carbocycles. The average molecular weight is 269 g/mol. The van der Waals surface area contributed by atoms with Gasteiger partial charge in [-0.1, -0.05) is 49.6 Å². The molecule has 2 aliphatic rings. The Morgan fingerprint density at radius 2 is 1.85 bits per heavy atom. The third-order valence-electron chi connectivity index (χ3n) is 4.71. The highest BCUT2D eigenvalue weighted by Gasteiger charge is 2.36. The summed E-state index contributed by atoms with van der Waals surface area (Å²) in [5.41, 5.74) is 3.68. The minimum atomic E-state index is 0.260. The van der Waals surface area contributed by atoms with Crippen molar-refractivity contribution >= 4 is 5.91 Å². The molecule has 1 heterocycles. The van der Waals surface area contributed by atoms with Gasteiger partial charge in [0.15, 0.2) is 0 Å². The molecule has 1 atom stereocenters. The fourth-order valence-electron chi connectivity index (χ4n) is 3.59. The predicted octanol–water partition coefficient (Wildman–Crippen LogP) is 4.07. The molecule has 0 bridgehead atoms. The highest BCUT2D eigenvalue weighted by atomic mass is 16.2. The molecule has 1 fully saturated rings. The second-order valence-electron chi connectivity index (χ2n) is 6.04. The molecular formula is C18H23NO. The fraction of sp³-hybridized carbons (Fsp3) is 0.500. The van der Waals surface area contributed by atoms with Crippen LogP contribution in [0.3, 0.4) is 0 Å². The lowest BCUT2D eigenvalue weighted by atomic mass is 9.91. The Kier molecular flexibility index (Phi) is 3.90. The van der Waals surface area contributed by atoms with E-state index in [9.17, 15) is 4.79 Å². The van der Waals surface area contributed by atoms with Crippen LogP contribution in [-0.2, 0) is 11.3 Å². The lowest BCUT2D eigenvalue weighted by molar-refractivity contribution is -0.127. The minimum absolute atomic E-state index is 0.260. The van der Waals surface area contributed by atoms with Crippen LogP contribution in [-0.4, -0.2) is 16.8 Å². The zero-order chi connectivity index (χ0) is 13.9. The SMILES string of the molecule is CC1=C2CCCCCCC2N(Cc2ccccc2)C1=O. The number of rotatable bonds is 2. The van der Waals surface area contributed by atoms with Crippen LogP contribution in [0.4, 0.5) is 0 Å². The van der Waals surface area contributed by atoms with Crippen molar-refractivity contribution in [3.8, 4) is 0 Å². The van der Waals surface area contributed by atoms with Gasteiger partial charge in [-0.25, -0.2) is 0 Å². The van der Waals surface area contributed by atoms with Crippen molar-refractivity contribution < 1.29 is 4.79 Å². The summed E-state index contributed by atoms with van der Waals surface area (Å²) in [7, 11) is 0. The highest BCUT2D eigenvalue weighted by Crippen LogP contribution is 2.35. The highest BCUT2D eigenvalue weighted by molar-refractivity contribution is 5.97. The Morgan fingerprint density at radius 1 is 1.10 bits per heavy atom. The Bertz CT molecular complexity index is 517. The number of hydrogen-bond donors (Lipinski definition) is 0. The molecule has 0 aromatic heterocycles. The Labute approximate surface area is 121 Å². The summed E-state index contributed by atoms with van der Waals surface area (Å²) in [5, 5.41) is 0. The van der Waals surface area contributed by atoms with E-state index in [1.54, 1.807) is 0 Å². The summed E-state index contributed by atoms with van der Waals surface area (Å²) in [6.45, 7) is 2.78. The van der Waals surface area contributed by atoms with Gasteiger partial charge in [-0.05, 0) is 37.3 Å². The molecule has 20 heavy (non-hydrogen) atoms. The number of carbonyl (C=O) groups is 1. The lowest BCUT2D eigenvalue weighted by Crippen LogP contribution is -2.35. The summed E-state index contributed by atoms with van der Waals surface area (Å²) in [4.78, 5) is 14.7. The summed E-state index contributed by atoms with van der Waals surface area (Å²) in [6.07, 6.45) is 7.39. The first kappa shape index (κ1) is 13.4. The molecule has 0 saturated heterocycles. The van der Waals surface area contributed by atoms with Crippen LogP contribution in [0.1, 0.15) is 51.0 Å². The van der Waals surface area contributed by atoms with Gasteiger partial charge in [0.05, 0.1) is 6.04 Å². The quantitative estimate of drug-likeness (QED) is 0.792. The van der Waals surface area contributed by atoms with Gasteiger partial charge in [0.25, 0.3) is 0 Å². The van der Waals surface area contributed by atoms with Gasteiger partial charge in [-0.3, -0.25) is 4.79 Å². The van der Waals surface area contributed by atoms with Crippen LogP contribution in [0.25, 0.3) is 0 Å². The van der Waals surface area contributed by atoms with Gasteiger partial charge in [0, 0.05) is 12.1 Å². The lowest BCUT2D eigenvalue weighted by Gasteiger charge is -2.29. The molecule has 3 rings (SSSR count). The van der Waals surface area contributed by atoms with E-state index in [-0.39, 0.29) is 5.91 Å². The van der Waals surface area contributed by atoms with Crippen LogP contribution >= 0.6 is 0 Å². The summed E-state index contributed by atoms with van der Waals surface area (Å²) >= 11 is 0. The van der Waals surface area contributed by atoms with E-state index in [2.05, 4.69) is 29.2 Å². The summed E-state index contributed by atoms with van der Waals surface area (Å²) in [6, 6.07) is 10.7. The Balaban J connectivity index is 1.83. The maximum atomic E-state index is 12.6. The molecule has 0 N–H and O–H groups in total. The van der Waals surface area contributed by atoms with E-state index in [1.807, 2.05) is 13.0 Å². The smallest absolute Gasteiger partial charge is 0.250 e. The van der Waals surface area contributed by atoms with Gasteiger partial charge in [0.2, 0.25) is 5.91 Å². The normalized spacial score (nSPS) is 23.6. The van der Waals surface area contributed by atoms with Crippen LogP contribution in [0, 0.1) is 0 Å². The van der Waals surface area contributed by atoms with Crippen molar-refractivity contribution in [3.05, 3.63) is 47.0 Å². The van der Waals surface area contributed by atoms with Crippen molar-refractivity contribution in [2.24, 2.45) is 0 Å². The topological polar surface area (TPSA) is 20.3 Å². The van der Waals surface area contributed by atoms with Crippen molar-refractivity contribution in [1.29, 1.82) is 0 Å². The Hall–Kier alpha value is -1.57. The molecule has 0 spiro atoms. The van der Waals surface area contributed by atoms with Crippen LogP contribution in [0.15, 0.2) is 41.5 Å². The fourth-order valence-corrected chi connectivity index (χ4v) is 3.59.